The average molecular weight is 431 g/mol. The van der Waals surface area contributed by atoms with Gasteiger partial charge in [-0.1, -0.05) is 18.2 Å². The van der Waals surface area contributed by atoms with Crippen LogP contribution in [-0.4, -0.2) is 28.4 Å². The van der Waals surface area contributed by atoms with Crippen LogP contribution >= 0.6 is 0 Å². The van der Waals surface area contributed by atoms with Crippen LogP contribution in [0.5, 0.6) is 0 Å². The Morgan fingerprint density at radius 3 is 2.66 bits per heavy atom. The van der Waals surface area contributed by atoms with Gasteiger partial charge in [-0.05, 0) is 42.8 Å². The Balaban J connectivity index is 1.51. The first-order valence-electron chi connectivity index (χ1n) is 9.58. The van der Waals surface area contributed by atoms with E-state index in [-0.39, 0.29) is 11.3 Å². The van der Waals surface area contributed by atoms with Crippen molar-refractivity contribution < 1.29 is 23.7 Å². The summed E-state index contributed by atoms with van der Waals surface area (Å²) in [5, 5.41) is 14.0. The van der Waals surface area contributed by atoms with Crippen molar-refractivity contribution in [2.24, 2.45) is 0 Å². The molecule has 9 nitrogen and oxygen atoms in total. The second-order valence-corrected chi connectivity index (χ2v) is 6.93. The maximum Gasteiger partial charge on any atom is 0.339 e. The monoisotopic (exact) mass is 431 g/mol. The number of nitrogens with zero attached hydrogens (tertiary/aromatic N) is 2. The summed E-state index contributed by atoms with van der Waals surface area (Å²) in [5.41, 5.74) is 2.13. The number of amides is 1. The van der Waals surface area contributed by atoms with Crippen molar-refractivity contribution in [1.82, 2.24) is 4.98 Å². The molecule has 2 aromatic carbocycles. The summed E-state index contributed by atoms with van der Waals surface area (Å²) < 4.78 is 10.6. The third-order valence-corrected chi connectivity index (χ3v) is 4.74. The number of nitrogens with one attached hydrogen (secondary N) is 1. The molecule has 0 aliphatic carbocycles. The summed E-state index contributed by atoms with van der Waals surface area (Å²) in [7, 11) is 0. The lowest BCUT2D eigenvalue weighted by Crippen LogP contribution is -2.21. The molecule has 160 valence electrons. The lowest BCUT2D eigenvalue weighted by atomic mass is 10.1. The molecule has 4 aromatic rings. The summed E-state index contributed by atoms with van der Waals surface area (Å²) in [5.74, 6) is -0.761. The highest BCUT2D eigenvalue weighted by molar-refractivity contribution is 6.05. The van der Waals surface area contributed by atoms with Gasteiger partial charge >= 0.3 is 5.97 Å². The van der Waals surface area contributed by atoms with Crippen molar-refractivity contribution >= 4 is 34.2 Å². The first-order chi connectivity index (χ1) is 15.4. The summed E-state index contributed by atoms with van der Waals surface area (Å²) in [4.78, 5) is 39.9. The number of nitro benzene ring substituents is 1. The lowest BCUT2D eigenvalue weighted by molar-refractivity contribution is -0.384. The lowest BCUT2D eigenvalue weighted by Gasteiger charge is -2.10. The highest BCUT2D eigenvalue weighted by Crippen LogP contribution is 2.26. The number of esters is 1. The molecule has 2 heterocycles. The van der Waals surface area contributed by atoms with Gasteiger partial charge in [-0.15, -0.1) is 0 Å². The zero-order valence-corrected chi connectivity index (χ0v) is 16.9. The van der Waals surface area contributed by atoms with E-state index in [0.717, 1.165) is 0 Å². The zero-order chi connectivity index (χ0) is 22.7. The molecule has 0 spiro atoms. The molecule has 1 amide bonds. The minimum absolute atomic E-state index is 0.0798. The highest BCUT2D eigenvalue weighted by atomic mass is 16.6. The minimum atomic E-state index is -0.688. The van der Waals surface area contributed by atoms with Crippen LogP contribution in [0.3, 0.4) is 0 Å². The molecular weight excluding hydrogens is 414 g/mol. The minimum Gasteiger partial charge on any atom is -0.463 e. The van der Waals surface area contributed by atoms with Crippen LogP contribution in [-0.2, 0) is 9.53 Å². The molecule has 0 radical (unpaired) electrons. The molecule has 0 unspecified atom stereocenters. The molecule has 0 saturated heterocycles. The van der Waals surface area contributed by atoms with Gasteiger partial charge in [0.1, 0.15) is 5.69 Å². The van der Waals surface area contributed by atoms with E-state index >= 15 is 0 Å². The Labute approximate surface area is 181 Å². The van der Waals surface area contributed by atoms with Crippen LogP contribution in [0.25, 0.3) is 22.4 Å². The quantitative estimate of drug-likeness (QED) is 0.271. The molecule has 0 saturated carbocycles. The Hall–Kier alpha value is -4.53. The van der Waals surface area contributed by atoms with E-state index in [2.05, 4.69) is 10.3 Å². The number of aryl methyl sites for hydroxylation is 1. The molecule has 0 bridgehead atoms. The number of furan rings is 1. The molecule has 1 N–H and O–H groups in total. The van der Waals surface area contributed by atoms with E-state index in [1.54, 1.807) is 49.4 Å². The fourth-order valence-corrected chi connectivity index (χ4v) is 3.19. The molecule has 0 fully saturated rings. The largest absolute Gasteiger partial charge is 0.463 e. The van der Waals surface area contributed by atoms with Gasteiger partial charge in [-0.3, -0.25) is 14.9 Å². The topological polar surface area (TPSA) is 125 Å². The van der Waals surface area contributed by atoms with Crippen LogP contribution < -0.4 is 5.32 Å². The smallest absolute Gasteiger partial charge is 0.339 e. The second kappa shape index (κ2) is 8.68. The van der Waals surface area contributed by atoms with Crippen molar-refractivity contribution in [3.05, 3.63) is 88.2 Å². The van der Waals surface area contributed by atoms with E-state index in [1.165, 1.54) is 24.5 Å². The molecule has 0 aliphatic rings. The number of non-ortho nitro benzene ring substituents is 1. The fourth-order valence-electron chi connectivity index (χ4n) is 3.19. The number of rotatable bonds is 6. The number of anilines is 1. The Morgan fingerprint density at radius 2 is 1.94 bits per heavy atom. The van der Waals surface area contributed by atoms with Gasteiger partial charge in [0.05, 0.1) is 22.3 Å². The van der Waals surface area contributed by atoms with Crippen molar-refractivity contribution in [2.45, 2.75) is 6.92 Å². The average Bonchev–Trinajstić information content (AvgIpc) is 3.33. The predicted molar refractivity (Wildman–Crippen MR) is 116 cm³/mol. The van der Waals surface area contributed by atoms with Crippen LogP contribution in [0, 0.1) is 17.0 Å². The Kier molecular flexibility index (Phi) is 5.63. The van der Waals surface area contributed by atoms with Gasteiger partial charge in [-0.25, -0.2) is 9.78 Å². The number of hydrogen-bond donors (Lipinski definition) is 1. The number of nitro groups is 1. The summed E-state index contributed by atoms with van der Waals surface area (Å²) >= 11 is 0. The van der Waals surface area contributed by atoms with Crippen LogP contribution in [0.15, 0.2) is 71.3 Å². The van der Waals surface area contributed by atoms with E-state index in [4.69, 9.17) is 9.15 Å². The summed E-state index contributed by atoms with van der Waals surface area (Å²) in [6.45, 7) is 1.11. The number of para-hydroxylation sites is 1. The SMILES string of the molecule is Cc1cc([N+](=O)[O-])ccc1NC(=O)COC(=O)c1cc(-c2ccco2)nc2ccccc12. The molecule has 2 aromatic heterocycles. The standard InChI is InChI=1S/C23H17N3O6/c1-14-11-15(26(29)30)8-9-18(14)25-22(27)13-32-23(28)17-12-20(21-7-4-10-31-21)24-19-6-3-2-5-16(17)19/h2-12H,13H2,1H3,(H,25,27). The summed E-state index contributed by atoms with van der Waals surface area (Å²) in [6.07, 6.45) is 1.51. The molecule has 32 heavy (non-hydrogen) atoms. The number of ether oxygens (including phenoxy) is 1. The van der Waals surface area contributed by atoms with E-state index in [1.807, 2.05) is 0 Å². The fraction of sp³-hybridized carbons (Fsp3) is 0.0870. The van der Waals surface area contributed by atoms with E-state index in [0.29, 0.717) is 33.6 Å². The van der Waals surface area contributed by atoms with Crippen LogP contribution in [0.2, 0.25) is 0 Å². The first-order valence-corrected chi connectivity index (χ1v) is 9.58. The van der Waals surface area contributed by atoms with Crippen molar-refractivity contribution in [1.29, 1.82) is 0 Å². The number of aromatic nitrogens is 1. The second-order valence-electron chi connectivity index (χ2n) is 6.93. The zero-order valence-electron chi connectivity index (χ0n) is 16.9. The predicted octanol–water partition coefficient (Wildman–Crippen LogP) is 4.51. The van der Waals surface area contributed by atoms with E-state index < -0.39 is 23.4 Å². The van der Waals surface area contributed by atoms with Crippen molar-refractivity contribution in [2.75, 3.05) is 11.9 Å². The van der Waals surface area contributed by atoms with Crippen LogP contribution in [0.1, 0.15) is 15.9 Å². The molecule has 4 rings (SSSR count). The third kappa shape index (κ3) is 4.31. The Bertz CT molecular complexity index is 1330. The van der Waals surface area contributed by atoms with Crippen molar-refractivity contribution in [3.8, 4) is 11.5 Å². The summed E-state index contributed by atoms with van der Waals surface area (Å²) in [6, 6.07) is 16.2. The van der Waals surface area contributed by atoms with Gasteiger partial charge in [-0.2, -0.15) is 0 Å². The molecule has 0 atom stereocenters. The normalized spacial score (nSPS) is 10.7. The molecule has 0 aliphatic heterocycles. The van der Waals surface area contributed by atoms with Gasteiger partial charge in [0.25, 0.3) is 11.6 Å². The number of benzene rings is 2. The van der Waals surface area contributed by atoms with Gasteiger partial charge in [0.2, 0.25) is 0 Å². The molecular formula is C23H17N3O6. The number of hydrogen-bond acceptors (Lipinski definition) is 7. The van der Waals surface area contributed by atoms with Gasteiger partial charge in [0.15, 0.2) is 12.4 Å². The first kappa shape index (κ1) is 20.7. The molecule has 9 heteroatoms. The number of fused-ring (bicyclic) bond motifs is 1. The maximum atomic E-state index is 12.8. The number of carbonyl (C=O) groups is 2. The van der Waals surface area contributed by atoms with Crippen LogP contribution in [0.4, 0.5) is 11.4 Å². The van der Waals surface area contributed by atoms with Gasteiger partial charge < -0.3 is 14.5 Å². The third-order valence-electron chi connectivity index (χ3n) is 4.74. The highest BCUT2D eigenvalue weighted by Gasteiger charge is 2.18. The number of carbonyl (C=O) groups excluding carboxylic acids is 2. The Morgan fingerprint density at radius 1 is 1.12 bits per heavy atom. The van der Waals surface area contributed by atoms with E-state index in [9.17, 15) is 19.7 Å². The van der Waals surface area contributed by atoms with Crippen molar-refractivity contribution in [3.63, 3.8) is 0 Å². The van der Waals surface area contributed by atoms with Gasteiger partial charge in [0, 0.05) is 23.2 Å². The number of pyridine rings is 1. The maximum absolute atomic E-state index is 12.8.